The van der Waals surface area contributed by atoms with Crippen LogP contribution in [0.5, 0.6) is 0 Å². The molecule has 184 valence electrons. The highest BCUT2D eigenvalue weighted by molar-refractivity contribution is 7.98. The van der Waals surface area contributed by atoms with Crippen molar-refractivity contribution >= 4 is 40.5 Å². The number of hydrogen-bond acceptors (Lipinski definition) is 8. The average molecular weight is 501 g/mol. The van der Waals surface area contributed by atoms with Gasteiger partial charge in [-0.1, -0.05) is 6.07 Å². The molecular weight excluding hydrogens is 472 g/mol. The van der Waals surface area contributed by atoms with Crippen LogP contribution in [0.3, 0.4) is 0 Å². The lowest BCUT2D eigenvalue weighted by atomic mass is 10.1. The normalized spacial score (nSPS) is 16.4. The number of H-pyrrole nitrogens is 1. The molecule has 0 atom stereocenters. The number of amides is 1. The Morgan fingerprint density at radius 1 is 1.08 bits per heavy atom. The first-order chi connectivity index (χ1) is 17.6. The van der Waals surface area contributed by atoms with Crippen molar-refractivity contribution in [2.45, 2.75) is 24.4 Å². The number of carbonyl (C=O) groups excluding carboxylic acids is 1. The monoisotopic (exact) mass is 500 g/mol. The van der Waals surface area contributed by atoms with Gasteiger partial charge in [0, 0.05) is 50.4 Å². The van der Waals surface area contributed by atoms with Gasteiger partial charge in [-0.15, -0.1) is 11.8 Å². The number of carbonyl (C=O) groups is 1. The van der Waals surface area contributed by atoms with Gasteiger partial charge in [-0.05, 0) is 55.0 Å². The number of aromatic amines is 1. The Hall–Kier alpha value is -3.50. The van der Waals surface area contributed by atoms with E-state index in [4.69, 9.17) is 0 Å². The van der Waals surface area contributed by atoms with Gasteiger partial charge >= 0.3 is 0 Å². The number of hydrogen-bond donors (Lipinski definition) is 2. The topological polar surface area (TPSA) is 103 Å². The second kappa shape index (κ2) is 9.87. The molecular formula is C26H28N8OS. The molecule has 1 aliphatic carbocycles. The Morgan fingerprint density at radius 3 is 2.75 bits per heavy atom. The van der Waals surface area contributed by atoms with Crippen LogP contribution in [0.4, 0.5) is 11.8 Å². The molecule has 9 nitrogen and oxygen atoms in total. The molecule has 36 heavy (non-hydrogen) atoms. The van der Waals surface area contributed by atoms with Crippen molar-refractivity contribution < 1.29 is 4.79 Å². The highest BCUT2D eigenvalue weighted by Crippen LogP contribution is 2.31. The van der Waals surface area contributed by atoms with Crippen molar-refractivity contribution in [1.82, 2.24) is 34.7 Å². The minimum Gasteiger partial charge on any atom is -0.340 e. The highest BCUT2D eigenvalue weighted by atomic mass is 32.2. The molecule has 4 aromatic rings. The van der Waals surface area contributed by atoms with E-state index in [1.807, 2.05) is 41.6 Å². The molecule has 2 fully saturated rings. The Bertz CT molecular complexity index is 1390. The van der Waals surface area contributed by atoms with Crippen LogP contribution in [0, 0.1) is 5.92 Å². The van der Waals surface area contributed by atoms with Crippen molar-refractivity contribution in [2.24, 2.45) is 5.92 Å². The lowest BCUT2D eigenvalue weighted by Gasteiger charge is -2.34. The molecule has 1 saturated heterocycles. The van der Waals surface area contributed by atoms with Gasteiger partial charge < -0.3 is 15.2 Å². The zero-order valence-corrected chi connectivity index (χ0v) is 21.0. The molecule has 6 rings (SSSR count). The smallest absolute Gasteiger partial charge is 0.225 e. The third-order valence-corrected chi connectivity index (χ3v) is 7.36. The molecule has 1 saturated carbocycles. The minimum atomic E-state index is 0.301. The average Bonchev–Trinajstić information content (AvgIpc) is 3.68. The summed E-state index contributed by atoms with van der Waals surface area (Å²) in [6.45, 7) is 4.28. The van der Waals surface area contributed by atoms with Gasteiger partial charge in [-0.3, -0.25) is 9.69 Å². The summed E-state index contributed by atoms with van der Waals surface area (Å²) in [4.78, 5) is 37.9. The molecule has 1 amide bonds. The number of benzene rings is 1. The van der Waals surface area contributed by atoms with E-state index < -0.39 is 0 Å². The summed E-state index contributed by atoms with van der Waals surface area (Å²) < 4.78 is 0. The zero-order chi connectivity index (χ0) is 24.5. The van der Waals surface area contributed by atoms with Crippen molar-refractivity contribution in [3.8, 4) is 11.3 Å². The van der Waals surface area contributed by atoms with E-state index in [1.54, 1.807) is 18.1 Å². The maximum atomic E-state index is 12.3. The van der Waals surface area contributed by atoms with Crippen LogP contribution in [0.25, 0.3) is 22.3 Å². The minimum absolute atomic E-state index is 0.301. The predicted octanol–water partition coefficient (Wildman–Crippen LogP) is 3.93. The molecule has 1 aromatic carbocycles. The summed E-state index contributed by atoms with van der Waals surface area (Å²) in [6.07, 6.45) is 7.56. The van der Waals surface area contributed by atoms with Gasteiger partial charge in [0.05, 0.1) is 21.8 Å². The van der Waals surface area contributed by atoms with E-state index in [1.165, 1.54) is 5.56 Å². The molecule has 0 radical (unpaired) electrons. The van der Waals surface area contributed by atoms with E-state index in [0.717, 1.165) is 78.7 Å². The first-order valence-electron chi connectivity index (χ1n) is 12.2. The lowest BCUT2D eigenvalue weighted by Crippen LogP contribution is -2.48. The van der Waals surface area contributed by atoms with Crippen molar-refractivity contribution in [3.05, 3.63) is 54.5 Å². The van der Waals surface area contributed by atoms with Crippen molar-refractivity contribution in [2.75, 3.05) is 37.8 Å². The van der Waals surface area contributed by atoms with Crippen molar-refractivity contribution in [3.63, 3.8) is 0 Å². The summed E-state index contributed by atoms with van der Waals surface area (Å²) in [5, 5.41) is 4.25. The van der Waals surface area contributed by atoms with Gasteiger partial charge in [0.2, 0.25) is 11.9 Å². The Morgan fingerprint density at radius 2 is 1.94 bits per heavy atom. The highest BCUT2D eigenvalue weighted by Gasteiger charge is 2.34. The van der Waals surface area contributed by atoms with Crippen LogP contribution < -0.4 is 5.32 Å². The Balaban J connectivity index is 1.11. The number of imidazole rings is 1. The van der Waals surface area contributed by atoms with Crippen molar-refractivity contribution in [1.29, 1.82) is 0 Å². The number of aromatic nitrogens is 5. The fraction of sp³-hybridized carbons (Fsp3) is 0.346. The molecule has 0 unspecified atom stereocenters. The maximum Gasteiger partial charge on any atom is 0.225 e. The molecule has 0 spiro atoms. The van der Waals surface area contributed by atoms with Gasteiger partial charge in [0.1, 0.15) is 12.1 Å². The summed E-state index contributed by atoms with van der Waals surface area (Å²) in [5.41, 5.74) is 4.87. The van der Waals surface area contributed by atoms with Crippen LogP contribution in [0.1, 0.15) is 18.4 Å². The van der Waals surface area contributed by atoms with E-state index >= 15 is 0 Å². The molecule has 0 bridgehead atoms. The fourth-order valence-electron chi connectivity index (χ4n) is 4.57. The molecule has 4 heterocycles. The fourth-order valence-corrected chi connectivity index (χ4v) is 4.95. The van der Waals surface area contributed by atoms with E-state index in [0.29, 0.717) is 17.8 Å². The predicted molar refractivity (Wildman–Crippen MR) is 141 cm³/mol. The number of nitrogens with zero attached hydrogens (tertiary/aromatic N) is 6. The third-order valence-electron chi connectivity index (χ3n) is 6.72. The summed E-state index contributed by atoms with van der Waals surface area (Å²) in [6, 6.07) is 12.2. The number of piperazine rings is 1. The first kappa shape index (κ1) is 22.9. The van der Waals surface area contributed by atoms with Crippen LogP contribution in [0.15, 0.2) is 53.9 Å². The second-order valence-corrected chi connectivity index (χ2v) is 10.1. The van der Waals surface area contributed by atoms with Crippen LogP contribution in [0.2, 0.25) is 0 Å². The van der Waals surface area contributed by atoms with Gasteiger partial charge in [0.15, 0.2) is 0 Å². The molecule has 10 heteroatoms. The quantitative estimate of drug-likeness (QED) is 0.291. The number of rotatable bonds is 7. The van der Waals surface area contributed by atoms with E-state index in [2.05, 4.69) is 47.3 Å². The number of thioether (sulfide) groups is 1. The first-order valence-corrected chi connectivity index (χ1v) is 13.5. The standard InChI is InChI=1S/C26H28N8OS/c1-36-24-14-21(28-16-29-24)19-4-5-20-22(13-19)31-26(30-20)32-23-12-17(6-7-27-23)15-33-8-10-34(11-9-33)25(35)18-2-3-18/h4-7,12-14,16,18H,2-3,8-11,15H2,1H3,(H2,27,30,31,32). The summed E-state index contributed by atoms with van der Waals surface area (Å²) in [5.74, 6) is 2.04. The van der Waals surface area contributed by atoms with E-state index in [-0.39, 0.29) is 0 Å². The second-order valence-electron chi connectivity index (χ2n) is 9.31. The van der Waals surface area contributed by atoms with Crippen LogP contribution >= 0.6 is 11.8 Å². The molecule has 1 aliphatic heterocycles. The number of nitrogens with one attached hydrogen (secondary N) is 2. The number of anilines is 2. The SMILES string of the molecule is CSc1cc(-c2ccc3nc(Nc4cc(CN5CCN(C(=O)C6CC6)CC5)ccn4)[nH]c3c2)ncn1. The summed E-state index contributed by atoms with van der Waals surface area (Å²) >= 11 is 1.60. The maximum absolute atomic E-state index is 12.3. The molecule has 2 aliphatic rings. The van der Waals surface area contributed by atoms with Gasteiger partial charge in [-0.25, -0.2) is 19.9 Å². The van der Waals surface area contributed by atoms with Crippen LogP contribution in [-0.2, 0) is 11.3 Å². The molecule has 3 aromatic heterocycles. The third kappa shape index (κ3) is 5.05. The van der Waals surface area contributed by atoms with E-state index in [9.17, 15) is 4.79 Å². The van der Waals surface area contributed by atoms with Gasteiger partial charge in [-0.2, -0.15) is 0 Å². The molecule has 2 N–H and O–H groups in total. The Kier molecular flexibility index (Phi) is 6.28. The largest absolute Gasteiger partial charge is 0.340 e. The number of fused-ring (bicyclic) bond motifs is 1. The lowest BCUT2D eigenvalue weighted by molar-refractivity contribution is -0.134. The zero-order valence-electron chi connectivity index (χ0n) is 20.1. The number of pyridine rings is 1. The Labute approximate surface area is 213 Å². The summed E-state index contributed by atoms with van der Waals surface area (Å²) in [7, 11) is 0. The van der Waals surface area contributed by atoms with Gasteiger partial charge in [0.25, 0.3) is 0 Å². The van der Waals surface area contributed by atoms with Crippen LogP contribution in [-0.4, -0.2) is 73.1 Å².